The number of fused-ring (bicyclic) bond motifs is 1. The van der Waals surface area contributed by atoms with Gasteiger partial charge < -0.3 is 10.1 Å². The zero-order valence-electron chi connectivity index (χ0n) is 10.7. The predicted octanol–water partition coefficient (Wildman–Crippen LogP) is 4.04. The molecule has 3 heteroatoms. The Kier molecular flexibility index (Phi) is 3.74. The first-order valence-corrected chi connectivity index (χ1v) is 7.34. The quantitative estimate of drug-likeness (QED) is 0.919. The maximum Gasteiger partial charge on any atom is 0.122 e. The van der Waals surface area contributed by atoms with Crippen molar-refractivity contribution < 1.29 is 4.74 Å². The maximum atomic E-state index is 5.52. The standard InChI is InChI=1S/C16H16BrNO/c17-14-2-4-15(5-3-14)18-9-7-12-1-6-16-13(11-12)8-10-19-16/h1-6,11,18H,7-10H2. The largest absolute Gasteiger partial charge is 0.493 e. The first kappa shape index (κ1) is 12.5. The van der Waals surface area contributed by atoms with Gasteiger partial charge in [-0.05, 0) is 47.9 Å². The smallest absolute Gasteiger partial charge is 0.122 e. The van der Waals surface area contributed by atoms with Crippen molar-refractivity contribution in [2.45, 2.75) is 12.8 Å². The van der Waals surface area contributed by atoms with E-state index in [0.717, 1.165) is 41.9 Å². The minimum absolute atomic E-state index is 0.829. The first-order valence-electron chi connectivity index (χ1n) is 6.55. The van der Waals surface area contributed by atoms with Crippen LogP contribution < -0.4 is 10.1 Å². The molecule has 1 heterocycles. The molecule has 98 valence electrons. The zero-order valence-corrected chi connectivity index (χ0v) is 12.2. The number of halogens is 1. The molecule has 3 rings (SSSR count). The summed E-state index contributed by atoms with van der Waals surface area (Å²) in [5, 5.41) is 3.44. The second-order valence-electron chi connectivity index (χ2n) is 4.72. The Morgan fingerprint density at radius 3 is 2.79 bits per heavy atom. The molecule has 0 saturated heterocycles. The van der Waals surface area contributed by atoms with Crippen LogP contribution in [0.5, 0.6) is 5.75 Å². The molecule has 0 spiro atoms. The Balaban J connectivity index is 1.56. The minimum Gasteiger partial charge on any atom is -0.493 e. The van der Waals surface area contributed by atoms with Gasteiger partial charge in [-0.3, -0.25) is 0 Å². The lowest BCUT2D eigenvalue weighted by Crippen LogP contribution is -2.04. The molecule has 19 heavy (non-hydrogen) atoms. The highest BCUT2D eigenvalue weighted by Crippen LogP contribution is 2.26. The third kappa shape index (κ3) is 3.10. The van der Waals surface area contributed by atoms with Crippen LogP contribution in [0.1, 0.15) is 11.1 Å². The van der Waals surface area contributed by atoms with Crippen LogP contribution in [0.25, 0.3) is 0 Å². The van der Waals surface area contributed by atoms with Crippen molar-refractivity contribution in [3.05, 3.63) is 58.1 Å². The summed E-state index contributed by atoms with van der Waals surface area (Å²) >= 11 is 3.44. The van der Waals surface area contributed by atoms with Gasteiger partial charge in [0, 0.05) is 23.1 Å². The molecule has 0 aliphatic carbocycles. The predicted molar refractivity (Wildman–Crippen MR) is 82.0 cm³/mol. The molecule has 1 aliphatic rings. The fourth-order valence-electron chi connectivity index (χ4n) is 2.31. The SMILES string of the molecule is Brc1ccc(NCCc2ccc3c(c2)CCO3)cc1. The van der Waals surface area contributed by atoms with E-state index in [2.05, 4.69) is 63.7 Å². The van der Waals surface area contributed by atoms with Crippen molar-refractivity contribution in [1.29, 1.82) is 0 Å². The Labute approximate surface area is 121 Å². The van der Waals surface area contributed by atoms with E-state index in [-0.39, 0.29) is 0 Å². The topological polar surface area (TPSA) is 21.3 Å². The summed E-state index contributed by atoms with van der Waals surface area (Å²) in [6.07, 6.45) is 2.08. The van der Waals surface area contributed by atoms with Crippen molar-refractivity contribution in [2.75, 3.05) is 18.5 Å². The van der Waals surface area contributed by atoms with Crippen LogP contribution in [0.4, 0.5) is 5.69 Å². The van der Waals surface area contributed by atoms with E-state index in [0.29, 0.717) is 0 Å². The second-order valence-corrected chi connectivity index (χ2v) is 5.64. The van der Waals surface area contributed by atoms with Gasteiger partial charge in [-0.1, -0.05) is 28.1 Å². The Bertz CT molecular complexity index is 565. The minimum atomic E-state index is 0.829. The van der Waals surface area contributed by atoms with Crippen LogP contribution in [0.2, 0.25) is 0 Å². The average molecular weight is 318 g/mol. The third-order valence-electron chi connectivity index (χ3n) is 3.34. The summed E-state index contributed by atoms with van der Waals surface area (Å²) < 4.78 is 6.63. The molecular weight excluding hydrogens is 302 g/mol. The van der Waals surface area contributed by atoms with Gasteiger partial charge in [0.05, 0.1) is 6.61 Å². The lowest BCUT2D eigenvalue weighted by Gasteiger charge is -2.07. The normalized spacial score (nSPS) is 12.9. The molecular formula is C16H16BrNO. The molecule has 0 saturated carbocycles. The Morgan fingerprint density at radius 2 is 1.95 bits per heavy atom. The molecule has 0 unspecified atom stereocenters. The molecule has 0 amide bonds. The number of ether oxygens (including phenoxy) is 1. The zero-order chi connectivity index (χ0) is 13.1. The monoisotopic (exact) mass is 317 g/mol. The maximum absolute atomic E-state index is 5.52. The van der Waals surface area contributed by atoms with Crippen molar-refractivity contribution in [1.82, 2.24) is 0 Å². The summed E-state index contributed by atoms with van der Waals surface area (Å²) in [5.41, 5.74) is 3.88. The molecule has 0 radical (unpaired) electrons. The molecule has 1 aliphatic heterocycles. The van der Waals surface area contributed by atoms with Crippen molar-refractivity contribution >= 4 is 21.6 Å². The van der Waals surface area contributed by atoms with Crippen LogP contribution >= 0.6 is 15.9 Å². The van der Waals surface area contributed by atoms with E-state index >= 15 is 0 Å². The van der Waals surface area contributed by atoms with Gasteiger partial charge >= 0.3 is 0 Å². The third-order valence-corrected chi connectivity index (χ3v) is 3.87. The van der Waals surface area contributed by atoms with Crippen LogP contribution in [-0.2, 0) is 12.8 Å². The Morgan fingerprint density at radius 1 is 1.11 bits per heavy atom. The number of nitrogens with one attached hydrogen (secondary N) is 1. The first-order chi connectivity index (χ1) is 9.31. The molecule has 2 nitrogen and oxygen atoms in total. The highest BCUT2D eigenvalue weighted by molar-refractivity contribution is 9.10. The van der Waals surface area contributed by atoms with Crippen molar-refractivity contribution in [3.63, 3.8) is 0 Å². The molecule has 2 aromatic carbocycles. The summed E-state index contributed by atoms with van der Waals surface area (Å²) in [6.45, 7) is 1.78. The summed E-state index contributed by atoms with van der Waals surface area (Å²) in [5.74, 6) is 1.06. The van der Waals surface area contributed by atoms with Gasteiger partial charge in [0.15, 0.2) is 0 Å². The summed E-state index contributed by atoms with van der Waals surface area (Å²) in [7, 11) is 0. The van der Waals surface area contributed by atoms with Gasteiger partial charge in [0.2, 0.25) is 0 Å². The second kappa shape index (κ2) is 5.66. The fourth-order valence-corrected chi connectivity index (χ4v) is 2.58. The summed E-state index contributed by atoms with van der Waals surface area (Å²) in [4.78, 5) is 0. The van der Waals surface area contributed by atoms with E-state index < -0.39 is 0 Å². The molecule has 2 aromatic rings. The van der Waals surface area contributed by atoms with Gasteiger partial charge in [-0.15, -0.1) is 0 Å². The van der Waals surface area contributed by atoms with Gasteiger partial charge in [-0.25, -0.2) is 0 Å². The molecule has 0 atom stereocenters. The van der Waals surface area contributed by atoms with Crippen molar-refractivity contribution in [3.8, 4) is 5.75 Å². The molecule has 1 N–H and O–H groups in total. The van der Waals surface area contributed by atoms with Crippen LogP contribution in [0, 0.1) is 0 Å². The molecule has 0 fully saturated rings. The highest BCUT2D eigenvalue weighted by atomic mass is 79.9. The average Bonchev–Trinajstić information content (AvgIpc) is 2.88. The molecule has 0 bridgehead atoms. The number of hydrogen-bond donors (Lipinski definition) is 1. The van der Waals surface area contributed by atoms with E-state index in [1.807, 2.05) is 0 Å². The van der Waals surface area contributed by atoms with Gasteiger partial charge in [0.25, 0.3) is 0 Å². The van der Waals surface area contributed by atoms with E-state index in [9.17, 15) is 0 Å². The Hall–Kier alpha value is -1.48. The van der Waals surface area contributed by atoms with E-state index in [4.69, 9.17) is 4.74 Å². The van der Waals surface area contributed by atoms with E-state index in [1.165, 1.54) is 11.1 Å². The summed E-state index contributed by atoms with van der Waals surface area (Å²) in [6, 6.07) is 14.8. The van der Waals surface area contributed by atoms with Gasteiger partial charge in [-0.2, -0.15) is 0 Å². The van der Waals surface area contributed by atoms with Crippen LogP contribution in [0.15, 0.2) is 46.9 Å². The lowest BCUT2D eigenvalue weighted by atomic mass is 10.1. The number of hydrogen-bond acceptors (Lipinski definition) is 2. The number of rotatable bonds is 4. The van der Waals surface area contributed by atoms with Crippen molar-refractivity contribution in [2.24, 2.45) is 0 Å². The van der Waals surface area contributed by atoms with Gasteiger partial charge in [0.1, 0.15) is 5.75 Å². The lowest BCUT2D eigenvalue weighted by molar-refractivity contribution is 0.357. The van der Waals surface area contributed by atoms with Crippen LogP contribution in [-0.4, -0.2) is 13.2 Å². The van der Waals surface area contributed by atoms with E-state index in [1.54, 1.807) is 0 Å². The fraction of sp³-hybridized carbons (Fsp3) is 0.250. The number of anilines is 1. The van der Waals surface area contributed by atoms with Crippen LogP contribution in [0.3, 0.4) is 0 Å². The highest BCUT2D eigenvalue weighted by Gasteiger charge is 2.11. The molecule has 0 aromatic heterocycles. The number of benzene rings is 2.